The molecule has 1 aliphatic heterocycles. The summed E-state index contributed by atoms with van der Waals surface area (Å²) in [6.07, 6.45) is 3.92. The molecule has 1 aliphatic rings. The molecule has 1 heterocycles. The van der Waals surface area contributed by atoms with Crippen LogP contribution in [0.5, 0.6) is 5.75 Å². The van der Waals surface area contributed by atoms with Gasteiger partial charge in [0.25, 0.3) is 0 Å². The Hall–Kier alpha value is -3.09. The number of piperidine rings is 1. The summed E-state index contributed by atoms with van der Waals surface area (Å²) < 4.78 is 18.1. The highest BCUT2D eigenvalue weighted by molar-refractivity contribution is 5.89. The van der Waals surface area contributed by atoms with Crippen molar-refractivity contribution in [2.45, 2.75) is 32.1 Å². The first-order valence-corrected chi connectivity index (χ1v) is 10.7. The number of ether oxygens (including phenoxy) is 1. The topological polar surface area (TPSA) is 70.7 Å². The molecule has 0 bridgehead atoms. The van der Waals surface area contributed by atoms with Crippen molar-refractivity contribution in [3.63, 3.8) is 0 Å². The lowest BCUT2D eigenvalue weighted by molar-refractivity contribution is -0.121. The van der Waals surface area contributed by atoms with Gasteiger partial charge in [-0.05, 0) is 73.6 Å². The second-order valence-electron chi connectivity index (χ2n) is 7.85. The summed E-state index contributed by atoms with van der Waals surface area (Å²) >= 11 is 0. The summed E-state index contributed by atoms with van der Waals surface area (Å²) in [6.45, 7) is 2.03. The van der Waals surface area contributed by atoms with Gasteiger partial charge < -0.3 is 20.3 Å². The molecule has 0 atom stereocenters. The van der Waals surface area contributed by atoms with Crippen LogP contribution in [-0.4, -0.2) is 43.6 Å². The minimum Gasteiger partial charge on any atom is -0.497 e. The largest absolute Gasteiger partial charge is 0.497 e. The van der Waals surface area contributed by atoms with Crippen LogP contribution in [0.3, 0.4) is 0 Å². The van der Waals surface area contributed by atoms with E-state index in [9.17, 15) is 14.0 Å². The fraction of sp³-hybridized carbons (Fsp3) is 0.417. The Morgan fingerprint density at radius 3 is 2.39 bits per heavy atom. The lowest BCUT2D eigenvalue weighted by Crippen LogP contribution is -2.41. The van der Waals surface area contributed by atoms with E-state index in [1.807, 2.05) is 24.3 Å². The molecule has 6 nitrogen and oxygen atoms in total. The number of nitrogens with one attached hydrogen (secondary N) is 2. The van der Waals surface area contributed by atoms with E-state index in [1.54, 1.807) is 24.1 Å². The quantitative estimate of drug-likeness (QED) is 0.663. The van der Waals surface area contributed by atoms with Gasteiger partial charge in [0.15, 0.2) is 0 Å². The van der Waals surface area contributed by atoms with Crippen LogP contribution in [0.25, 0.3) is 0 Å². The smallest absolute Gasteiger partial charge is 0.321 e. The predicted octanol–water partition coefficient (Wildman–Crippen LogP) is 4.22. The Kier molecular flexibility index (Phi) is 8.27. The number of hydrogen-bond acceptors (Lipinski definition) is 3. The Balaban J connectivity index is 1.29. The van der Waals surface area contributed by atoms with Crippen molar-refractivity contribution < 1.29 is 18.7 Å². The number of halogens is 1. The number of carbonyl (C=O) groups is 2. The van der Waals surface area contributed by atoms with Crippen LogP contribution in [0.15, 0.2) is 48.5 Å². The molecular formula is C24H30FN3O3. The Morgan fingerprint density at radius 2 is 1.74 bits per heavy atom. The molecule has 0 unspecified atom stereocenters. The van der Waals surface area contributed by atoms with Gasteiger partial charge in [-0.1, -0.05) is 12.1 Å². The minimum absolute atomic E-state index is 0.0620. The van der Waals surface area contributed by atoms with Crippen LogP contribution in [0.4, 0.5) is 14.9 Å². The Morgan fingerprint density at radius 1 is 1.06 bits per heavy atom. The number of benzene rings is 2. The Bertz CT molecular complexity index is 847. The van der Waals surface area contributed by atoms with E-state index in [-0.39, 0.29) is 17.8 Å². The van der Waals surface area contributed by atoms with Gasteiger partial charge in [-0.15, -0.1) is 0 Å². The van der Waals surface area contributed by atoms with Crippen LogP contribution in [0.1, 0.15) is 31.2 Å². The highest BCUT2D eigenvalue weighted by Gasteiger charge is 2.22. The van der Waals surface area contributed by atoms with Crippen LogP contribution in [-0.2, 0) is 11.2 Å². The summed E-state index contributed by atoms with van der Waals surface area (Å²) in [5, 5.41) is 5.81. The number of carbonyl (C=O) groups excluding carboxylic acids is 2. The summed E-state index contributed by atoms with van der Waals surface area (Å²) in [5.74, 6) is 1.04. The highest BCUT2D eigenvalue weighted by atomic mass is 19.1. The molecule has 2 aromatic carbocycles. The molecule has 2 N–H and O–H groups in total. The van der Waals surface area contributed by atoms with Crippen molar-refractivity contribution in [2.24, 2.45) is 5.92 Å². The van der Waals surface area contributed by atoms with Crippen molar-refractivity contribution in [1.82, 2.24) is 10.2 Å². The minimum atomic E-state index is -0.327. The maximum Gasteiger partial charge on any atom is 0.321 e. The van der Waals surface area contributed by atoms with E-state index in [0.29, 0.717) is 44.1 Å². The van der Waals surface area contributed by atoms with Crippen molar-refractivity contribution in [3.8, 4) is 5.75 Å². The maximum atomic E-state index is 13.0. The zero-order valence-corrected chi connectivity index (χ0v) is 17.9. The molecule has 0 saturated carbocycles. The second-order valence-corrected chi connectivity index (χ2v) is 7.85. The molecule has 0 aromatic heterocycles. The highest BCUT2D eigenvalue weighted by Crippen LogP contribution is 2.21. The molecule has 31 heavy (non-hydrogen) atoms. The molecule has 1 saturated heterocycles. The number of likely N-dealkylation sites (tertiary alicyclic amines) is 1. The monoisotopic (exact) mass is 427 g/mol. The van der Waals surface area contributed by atoms with Gasteiger partial charge in [-0.2, -0.15) is 0 Å². The molecule has 0 radical (unpaired) electrons. The third-order valence-corrected chi connectivity index (χ3v) is 5.67. The standard InChI is InChI=1S/C24H30FN3O3/c1-31-22-9-2-18(3-10-22)4-11-23(29)26-15-12-19-13-16-28(17-14-19)24(30)27-21-7-5-20(25)6-8-21/h2-3,5-10,19H,4,11-17H2,1H3,(H,26,29)(H,27,30). The average Bonchev–Trinajstić information content (AvgIpc) is 2.80. The maximum absolute atomic E-state index is 13.0. The summed E-state index contributed by atoms with van der Waals surface area (Å²) in [5.41, 5.74) is 1.70. The van der Waals surface area contributed by atoms with Crippen molar-refractivity contribution in [2.75, 3.05) is 32.1 Å². The van der Waals surface area contributed by atoms with Crippen LogP contribution in [0.2, 0.25) is 0 Å². The van der Waals surface area contributed by atoms with Crippen molar-refractivity contribution in [1.29, 1.82) is 0 Å². The number of methoxy groups -OCH3 is 1. The first-order valence-electron chi connectivity index (χ1n) is 10.7. The summed E-state index contributed by atoms with van der Waals surface area (Å²) in [4.78, 5) is 26.2. The van der Waals surface area contributed by atoms with E-state index in [1.165, 1.54) is 12.1 Å². The summed E-state index contributed by atoms with van der Waals surface area (Å²) in [7, 11) is 1.63. The van der Waals surface area contributed by atoms with Crippen LogP contribution >= 0.6 is 0 Å². The lowest BCUT2D eigenvalue weighted by Gasteiger charge is -2.32. The first kappa shape index (κ1) is 22.6. The number of amides is 3. The van der Waals surface area contributed by atoms with Gasteiger partial charge in [-0.3, -0.25) is 4.79 Å². The zero-order valence-electron chi connectivity index (χ0n) is 17.9. The fourth-order valence-corrected chi connectivity index (χ4v) is 3.71. The molecule has 0 spiro atoms. The third kappa shape index (κ3) is 7.27. The van der Waals surface area contributed by atoms with Crippen molar-refractivity contribution in [3.05, 3.63) is 59.9 Å². The SMILES string of the molecule is COc1ccc(CCC(=O)NCCC2CCN(C(=O)Nc3ccc(F)cc3)CC2)cc1. The van der Waals surface area contributed by atoms with Gasteiger partial charge in [0.1, 0.15) is 11.6 Å². The molecule has 166 valence electrons. The molecule has 3 rings (SSSR count). The van der Waals surface area contributed by atoms with Gasteiger partial charge in [0.05, 0.1) is 7.11 Å². The number of hydrogen-bond donors (Lipinski definition) is 2. The van der Waals surface area contributed by atoms with Gasteiger partial charge in [-0.25, -0.2) is 9.18 Å². The predicted molar refractivity (Wildman–Crippen MR) is 119 cm³/mol. The number of aryl methyl sites for hydroxylation is 1. The van der Waals surface area contributed by atoms with E-state index in [2.05, 4.69) is 10.6 Å². The average molecular weight is 428 g/mol. The van der Waals surface area contributed by atoms with Gasteiger partial charge >= 0.3 is 6.03 Å². The second kappa shape index (κ2) is 11.3. The summed E-state index contributed by atoms with van der Waals surface area (Å²) in [6, 6.07) is 13.4. The van der Waals surface area contributed by atoms with E-state index in [4.69, 9.17) is 4.74 Å². The van der Waals surface area contributed by atoms with Gasteiger partial charge in [0, 0.05) is 31.7 Å². The zero-order chi connectivity index (χ0) is 22.1. The molecule has 2 aromatic rings. The number of nitrogens with zero attached hydrogens (tertiary/aromatic N) is 1. The molecule has 3 amide bonds. The molecule has 7 heteroatoms. The number of urea groups is 1. The fourth-order valence-electron chi connectivity index (χ4n) is 3.71. The molecule has 1 fully saturated rings. The van der Waals surface area contributed by atoms with Crippen LogP contribution < -0.4 is 15.4 Å². The number of anilines is 1. The van der Waals surface area contributed by atoms with Crippen LogP contribution in [0, 0.1) is 11.7 Å². The molecule has 0 aliphatic carbocycles. The van der Waals surface area contributed by atoms with E-state index >= 15 is 0 Å². The van der Waals surface area contributed by atoms with Crippen molar-refractivity contribution >= 4 is 17.6 Å². The Labute approximate surface area is 182 Å². The molecular weight excluding hydrogens is 397 g/mol. The number of rotatable bonds is 8. The third-order valence-electron chi connectivity index (χ3n) is 5.67. The normalized spacial score (nSPS) is 14.2. The van der Waals surface area contributed by atoms with Gasteiger partial charge in [0.2, 0.25) is 5.91 Å². The van der Waals surface area contributed by atoms with E-state index < -0.39 is 0 Å². The van der Waals surface area contributed by atoms with E-state index in [0.717, 1.165) is 30.6 Å². The lowest BCUT2D eigenvalue weighted by atomic mass is 9.93. The first-order chi connectivity index (χ1) is 15.0.